The number of rotatable bonds is 4. The van der Waals surface area contributed by atoms with Gasteiger partial charge in [-0.2, -0.15) is 0 Å². The van der Waals surface area contributed by atoms with Crippen molar-refractivity contribution in [1.29, 1.82) is 0 Å². The highest BCUT2D eigenvalue weighted by Gasteiger charge is 2.26. The molecule has 1 aliphatic rings. The number of hydrogen-bond acceptors (Lipinski definition) is 2. The summed E-state index contributed by atoms with van der Waals surface area (Å²) >= 11 is 0. The van der Waals surface area contributed by atoms with Gasteiger partial charge in [-0.25, -0.2) is 0 Å². The molecule has 1 aliphatic carbocycles. The third-order valence-electron chi connectivity index (χ3n) is 3.52. The fourth-order valence-corrected chi connectivity index (χ4v) is 2.43. The van der Waals surface area contributed by atoms with Gasteiger partial charge in [-0.1, -0.05) is 13.8 Å². The molecule has 0 atom stereocenters. The normalized spacial score (nSPS) is 28.0. The van der Waals surface area contributed by atoms with Gasteiger partial charge in [0.05, 0.1) is 6.54 Å². The summed E-state index contributed by atoms with van der Waals surface area (Å²) in [5, 5.41) is 2.95. The van der Waals surface area contributed by atoms with Crippen LogP contribution in [-0.4, -0.2) is 19.4 Å². The van der Waals surface area contributed by atoms with E-state index in [-0.39, 0.29) is 0 Å². The Bertz CT molecular complexity index is 181. The van der Waals surface area contributed by atoms with E-state index in [4.69, 9.17) is 0 Å². The Morgan fingerprint density at radius 3 is 2.29 bits per heavy atom. The minimum absolute atomic E-state index is 0.345. The van der Waals surface area contributed by atoms with Crippen molar-refractivity contribution in [2.24, 2.45) is 17.8 Å². The molecule has 14 heavy (non-hydrogen) atoms. The molecular weight excluding hydrogens is 174 g/mol. The maximum atomic E-state index is 11.6. The molecule has 0 radical (unpaired) electrons. The smallest absolute Gasteiger partial charge is 0.149 e. The molecule has 1 rings (SSSR count). The highest BCUT2D eigenvalue weighted by Crippen LogP contribution is 2.33. The van der Waals surface area contributed by atoms with Crippen LogP contribution in [0.3, 0.4) is 0 Å². The van der Waals surface area contributed by atoms with E-state index in [1.54, 1.807) is 0 Å². The summed E-state index contributed by atoms with van der Waals surface area (Å²) in [6.45, 7) is 5.14. The molecule has 0 aromatic rings. The lowest BCUT2D eigenvalue weighted by molar-refractivity contribution is -0.123. The van der Waals surface area contributed by atoms with Crippen LogP contribution in [0.2, 0.25) is 0 Å². The van der Waals surface area contributed by atoms with Crippen LogP contribution in [-0.2, 0) is 4.79 Å². The average Bonchev–Trinajstić information content (AvgIpc) is 2.18. The molecule has 0 unspecified atom stereocenters. The molecule has 1 fully saturated rings. The average molecular weight is 197 g/mol. The van der Waals surface area contributed by atoms with Crippen LogP contribution in [0.5, 0.6) is 0 Å². The van der Waals surface area contributed by atoms with Crippen molar-refractivity contribution >= 4 is 5.78 Å². The first-order chi connectivity index (χ1) is 6.65. The van der Waals surface area contributed by atoms with E-state index in [0.717, 1.165) is 24.7 Å². The van der Waals surface area contributed by atoms with Gasteiger partial charge in [0, 0.05) is 5.92 Å². The second-order valence-electron chi connectivity index (χ2n) is 4.85. The van der Waals surface area contributed by atoms with Crippen LogP contribution in [0.4, 0.5) is 0 Å². The molecule has 0 bridgehead atoms. The number of likely N-dealkylation sites (N-methyl/N-ethyl adjacent to an activating group) is 1. The predicted molar refractivity (Wildman–Crippen MR) is 59.2 cm³/mol. The first-order valence-electron chi connectivity index (χ1n) is 5.82. The molecule has 0 spiro atoms. The molecule has 1 saturated carbocycles. The summed E-state index contributed by atoms with van der Waals surface area (Å²) in [6.07, 6.45) is 4.72. The minimum atomic E-state index is 0.345. The molecule has 0 aromatic carbocycles. The van der Waals surface area contributed by atoms with Gasteiger partial charge in [0.15, 0.2) is 0 Å². The third-order valence-corrected chi connectivity index (χ3v) is 3.52. The zero-order valence-corrected chi connectivity index (χ0v) is 9.68. The van der Waals surface area contributed by atoms with E-state index in [9.17, 15) is 4.79 Å². The van der Waals surface area contributed by atoms with E-state index in [1.165, 1.54) is 12.8 Å². The van der Waals surface area contributed by atoms with E-state index in [1.807, 2.05) is 7.05 Å². The summed E-state index contributed by atoms with van der Waals surface area (Å²) in [5.74, 6) is 2.40. The molecule has 2 heteroatoms. The van der Waals surface area contributed by atoms with Crippen LogP contribution in [0.1, 0.15) is 39.5 Å². The number of nitrogens with one attached hydrogen (secondary N) is 1. The fourth-order valence-electron chi connectivity index (χ4n) is 2.43. The third kappa shape index (κ3) is 3.09. The second kappa shape index (κ2) is 5.50. The summed E-state index contributed by atoms with van der Waals surface area (Å²) in [4.78, 5) is 11.6. The van der Waals surface area contributed by atoms with Gasteiger partial charge >= 0.3 is 0 Å². The first-order valence-corrected chi connectivity index (χ1v) is 5.82. The number of carbonyl (C=O) groups is 1. The number of hydrogen-bond donors (Lipinski definition) is 1. The van der Waals surface area contributed by atoms with E-state index in [2.05, 4.69) is 19.2 Å². The molecule has 0 aromatic heterocycles. The predicted octanol–water partition coefficient (Wildman–Crippen LogP) is 2.24. The summed E-state index contributed by atoms with van der Waals surface area (Å²) in [6, 6.07) is 0. The lowest BCUT2D eigenvalue weighted by Gasteiger charge is -2.30. The van der Waals surface area contributed by atoms with E-state index in [0.29, 0.717) is 18.2 Å². The van der Waals surface area contributed by atoms with E-state index >= 15 is 0 Å². The Morgan fingerprint density at radius 1 is 1.29 bits per heavy atom. The summed E-state index contributed by atoms with van der Waals surface area (Å²) in [7, 11) is 1.84. The zero-order chi connectivity index (χ0) is 10.6. The van der Waals surface area contributed by atoms with Gasteiger partial charge in [0.2, 0.25) is 0 Å². The number of carbonyl (C=O) groups excluding carboxylic acids is 1. The maximum Gasteiger partial charge on any atom is 0.149 e. The van der Waals surface area contributed by atoms with Crippen molar-refractivity contribution in [2.75, 3.05) is 13.6 Å². The van der Waals surface area contributed by atoms with Crippen molar-refractivity contribution in [1.82, 2.24) is 5.32 Å². The summed E-state index contributed by atoms with van der Waals surface area (Å²) < 4.78 is 0. The van der Waals surface area contributed by atoms with Crippen molar-refractivity contribution in [3.63, 3.8) is 0 Å². The molecule has 2 nitrogen and oxygen atoms in total. The first kappa shape index (κ1) is 11.7. The molecule has 0 heterocycles. The monoisotopic (exact) mass is 197 g/mol. The zero-order valence-electron chi connectivity index (χ0n) is 9.68. The lowest BCUT2D eigenvalue weighted by Crippen LogP contribution is -2.30. The minimum Gasteiger partial charge on any atom is -0.313 e. The van der Waals surface area contributed by atoms with Crippen LogP contribution < -0.4 is 5.32 Å². The second-order valence-corrected chi connectivity index (χ2v) is 4.85. The molecule has 1 N–H and O–H groups in total. The van der Waals surface area contributed by atoms with Crippen LogP contribution in [0.25, 0.3) is 0 Å². The molecule has 82 valence electrons. The van der Waals surface area contributed by atoms with Gasteiger partial charge in [0.25, 0.3) is 0 Å². The SMILES string of the molecule is CNCC(=O)[C@H]1CC[C@@H](C(C)C)CC1. The topological polar surface area (TPSA) is 29.1 Å². The number of ketones is 1. The fraction of sp³-hybridized carbons (Fsp3) is 0.917. The molecule has 0 amide bonds. The summed E-state index contributed by atoms with van der Waals surface area (Å²) in [5.41, 5.74) is 0. The van der Waals surface area contributed by atoms with Crippen molar-refractivity contribution < 1.29 is 4.79 Å². The van der Waals surface area contributed by atoms with Crippen molar-refractivity contribution in [3.05, 3.63) is 0 Å². The lowest BCUT2D eigenvalue weighted by atomic mass is 9.75. The van der Waals surface area contributed by atoms with Gasteiger partial charge in [-0.3, -0.25) is 4.79 Å². The highest BCUT2D eigenvalue weighted by molar-refractivity contribution is 5.82. The van der Waals surface area contributed by atoms with Crippen molar-refractivity contribution in [2.45, 2.75) is 39.5 Å². The van der Waals surface area contributed by atoms with Crippen LogP contribution >= 0.6 is 0 Å². The quantitative estimate of drug-likeness (QED) is 0.749. The van der Waals surface area contributed by atoms with Crippen LogP contribution in [0.15, 0.2) is 0 Å². The Balaban J connectivity index is 2.31. The van der Waals surface area contributed by atoms with Gasteiger partial charge < -0.3 is 5.32 Å². The van der Waals surface area contributed by atoms with E-state index < -0.39 is 0 Å². The maximum absolute atomic E-state index is 11.6. The standard InChI is InChI=1S/C12H23NO/c1-9(2)10-4-6-11(7-5-10)12(14)8-13-3/h9-11,13H,4-8H2,1-3H3/t10-,11+. The van der Waals surface area contributed by atoms with Gasteiger partial charge in [-0.05, 0) is 44.6 Å². The number of Topliss-reactive ketones (excluding diaryl/α,β-unsaturated/α-hetero) is 1. The van der Waals surface area contributed by atoms with Gasteiger partial charge in [0.1, 0.15) is 5.78 Å². The Kier molecular flexibility index (Phi) is 4.59. The van der Waals surface area contributed by atoms with Gasteiger partial charge in [-0.15, -0.1) is 0 Å². The molecule has 0 saturated heterocycles. The van der Waals surface area contributed by atoms with Crippen molar-refractivity contribution in [3.8, 4) is 0 Å². The van der Waals surface area contributed by atoms with Crippen LogP contribution in [0, 0.1) is 17.8 Å². The molecular formula is C12H23NO. The largest absolute Gasteiger partial charge is 0.313 e. The molecule has 0 aliphatic heterocycles. The Hall–Kier alpha value is -0.370. The Labute approximate surface area is 87.5 Å². The highest BCUT2D eigenvalue weighted by atomic mass is 16.1. The Morgan fingerprint density at radius 2 is 1.86 bits per heavy atom.